The second-order valence-electron chi connectivity index (χ2n) is 8.74. The maximum atomic E-state index is 13.5. The number of aromatic nitrogens is 4. The molecule has 0 atom stereocenters. The van der Waals surface area contributed by atoms with Crippen molar-refractivity contribution in [1.29, 1.82) is 0 Å². The number of aryl methyl sites for hydroxylation is 1. The van der Waals surface area contributed by atoms with Crippen LogP contribution < -0.4 is 15.5 Å². The van der Waals surface area contributed by atoms with Gasteiger partial charge in [-0.15, -0.1) is 0 Å². The predicted molar refractivity (Wildman–Crippen MR) is 130 cm³/mol. The number of hydrogen-bond donors (Lipinski definition) is 2. The van der Waals surface area contributed by atoms with Crippen LogP contribution in [0, 0.1) is 18.6 Å². The highest BCUT2D eigenvalue weighted by molar-refractivity contribution is 5.71. The molecule has 0 spiro atoms. The predicted octanol–water partition coefficient (Wildman–Crippen LogP) is 3.08. The fourth-order valence-corrected chi connectivity index (χ4v) is 4.31. The molecule has 1 aromatic carbocycles. The molecule has 178 valence electrons. The van der Waals surface area contributed by atoms with Gasteiger partial charge in [0, 0.05) is 74.9 Å². The van der Waals surface area contributed by atoms with Gasteiger partial charge in [-0.25, -0.2) is 18.7 Å². The number of H-pyrrole nitrogens is 1. The molecule has 0 unspecified atom stereocenters. The van der Waals surface area contributed by atoms with E-state index in [0.717, 1.165) is 62.3 Å². The summed E-state index contributed by atoms with van der Waals surface area (Å²) in [7, 11) is 0. The molecule has 3 aromatic rings. The number of piperazine rings is 1. The van der Waals surface area contributed by atoms with Gasteiger partial charge in [0.15, 0.2) is 5.82 Å². The fourth-order valence-electron chi connectivity index (χ4n) is 4.31. The Kier molecular flexibility index (Phi) is 6.14. The first kappa shape index (κ1) is 22.3. The maximum Gasteiger partial charge on any atom is 0.184 e. The van der Waals surface area contributed by atoms with Crippen LogP contribution in [0.3, 0.4) is 0 Å². The standard InChI is InChI=1S/C24H28F2N8/c1-16-20(23(31-30-16)24-28-21(27)15-22(29-24)34-6-3-7-34)4-2-5-32-8-10-33(11-9-32)19-13-17(25)12-18(26)14-19/h2,4,12-15H,3,5-11H2,1H3,(H,30,31)(H2,27,28,29). The minimum absolute atomic E-state index is 0.429. The normalized spacial score (nSPS) is 16.9. The lowest BCUT2D eigenvalue weighted by atomic mass is 10.1. The van der Waals surface area contributed by atoms with E-state index in [1.807, 2.05) is 17.9 Å². The third-order valence-electron chi connectivity index (χ3n) is 6.35. The lowest BCUT2D eigenvalue weighted by molar-refractivity contribution is 0.284. The Balaban J connectivity index is 1.24. The first-order valence-electron chi connectivity index (χ1n) is 11.5. The molecule has 4 heterocycles. The van der Waals surface area contributed by atoms with Crippen molar-refractivity contribution in [3.05, 3.63) is 53.2 Å². The number of halogens is 2. The van der Waals surface area contributed by atoms with E-state index in [-0.39, 0.29) is 0 Å². The second-order valence-corrected chi connectivity index (χ2v) is 8.74. The van der Waals surface area contributed by atoms with Crippen LogP contribution in [0.4, 0.5) is 26.1 Å². The van der Waals surface area contributed by atoms with Gasteiger partial charge in [0.1, 0.15) is 29.0 Å². The van der Waals surface area contributed by atoms with Crippen molar-refractivity contribution in [2.75, 3.05) is 61.3 Å². The van der Waals surface area contributed by atoms with Gasteiger partial charge >= 0.3 is 0 Å². The van der Waals surface area contributed by atoms with Gasteiger partial charge in [-0.1, -0.05) is 12.2 Å². The largest absolute Gasteiger partial charge is 0.384 e. The molecule has 5 rings (SSSR count). The zero-order valence-corrected chi connectivity index (χ0v) is 19.1. The zero-order valence-electron chi connectivity index (χ0n) is 19.1. The van der Waals surface area contributed by atoms with Crippen LogP contribution in [0.2, 0.25) is 0 Å². The van der Waals surface area contributed by atoms with Crippen LogP contribution in [0.5, 0.6) is 0 Å². The lowest BCUT2D eigenvalue weighted by Crippen LogP contribution is -2.46. The molecule has 2 aliphatic rings. The summed E-state index contributed by atoms with van der Waals surface area (Å²) in [6, 6.07) is 5.47. The molecule has 0 radical (unpaired) electrons. The molecule has 0 amide bonds. The average molecular weight is 467 g/mol. The van der Waals surface area contributed by atoms with Crippen molar-refractivity contribution in [2.45, 2.75) is 13.3 Å². The highest BCUT2D eigenvalue weighted by atomic mass is 19.1. The SMILES string of the molecule is Cc1[nH]nc(-c2nc(N)cc(N3CCC3)n2)c1C=CCN1CCN(c2cc(F)cc(F)c2)CC1. The van der Waals surface area contributed by atoms with Crippen molar-refractivity contribution in [3.63, 3.8) is 0 Å². The summed E-state index contributed by atoms with van der Waals surface area (Å²) in [4.78, 5) is 15.6. The van der Waals surface area contributed by atoms with E-state index in [0.29, 0.717) is 36.1 Å². The number of nitrogens with one attached hydrogen (secondary N) is 1. The molecule has 34 heavy (non-hydrogen) atoms. The van der Waals surface area contributed by atoms with Gasteiger partial charge in [-0.3, -0.25) is 10.00 Å². The molecule has 10 heteroatoms. The van der Waals surface area contributed by atoms with Gasteiger partial charge in [0.25, 0.3) is 0 Å². The molecule has 0 aliphatic carbocycles. The number of nitrogen functional groups attached to an aromatic ring is 1. The monoisotopic (exact) mass is 466 g/mol. The summed E-state index contributed by atoms with van der Waals surface area (Å²) in [5, 5.41) is 7.47. The lowest BCUT2D eigenvalue weighted by Gasteiger charge is -2.35. The topological polar surface area (TPSA) is 90.2 Å². The molecular weight excluding hydrogens is 438 g/mol. The number of anilines is 3. The summed E-state index contributed by atoms with van der Waals surface area (Å²) < 4.78 is 27.1. The molecule has 3 N–H and O–H groups in total. The molecule has 2 aliphatic heterocycles. The van der Waals surface area contributed by atoms with E-state index in [2.05, 4.69) is 31.1 Å². The highest BCUT2D eigenvalue weighted by Gasteiger charge is 2.21. The summed E-state index contributed by atoms with van der Waals surface area (Å²) in [6.07, 6.45) is 5.29. The summed E-state index contributed by atoms with van der Waals surface area (Å²) >= 11 is 0. The minimum atomic E-state index is -0.548. The number of rotatable bonds is 6. The number of hydrogen-bond acceptors (Lipinski definition) is 7. The van der Waals surface area contributed by atoms with E-state index < -0.39 is 11.6 Å². The Bertz CT molecular complexity index is 1180. The first-order valence-corrected chi connectivity index (χ1v) is 11.5. The van der Waals surface area contributed by atoms with E-state index in [4.69, 9.17) is 10.7 Å². The summed E-state index contributed by atoms with van der Waals surface area (Å²) in [5.74, 6) is 0.682. The van der Waals surface area contributed by atoms with Crippen LogP contribution in [-0.4, -0.2) is 70.9 Å². The van der Waals surface area contributed by atoms with Gasteiger partial charge in [0.05, 0.1) is 0 Å². The van der Waals surface area contributed by atoms with Crippen LogP contribution >= 0.6 is 0 Å². The quantitative estimate of drug-likeness (QED) is 0.577. The molecular formula is C24H28F2N8. The number of nitrogens with zero attached hydrogens (tertiary/aromatic N) is 6. The summed E-state index contributed by atoms with van der Waals surface area (Å²) in [6.45, 7) is 7.70. The van der Waals surface area contributed by atoms with E-state index in [9.17, 15) is 8.78 Å². The Morgan fingerprint density at radius 3 is 2.38 bits per heavy atom. The Morgan fingerprint density at radius 1 is 0.971 bits per heavy atom. The average Bonchev–Trinajstić information content (AvgIpc) is 3.12. The van der Waals surface area contributed by atoms with Crippen molar-refractivity contribution >= 4 is 23.4 Å². The summed E-state index contributed by atoms with van der Waals surface area (Å²) in [5.41, 5.74) is 9.19. The number of nitrogens with two attached hydrogens (primary N) is 1. The smallest absolute Gasteiger partial charge is 0.184 e. The van der Waals surface area contributed by atoms with Crippen LogP contribution in [0.15, 0.2) is 30.3 Å². The number of aromatic amines is 1. The van der Waals surface area contributed by atoms with Crippen molar-refractivity contribution in [2.24, 2.45) is 0 Å². The fraction of sp³-hybridized carbons (Fsp3) is 0.375. The highest BCUT2D eigenvalue weighted by Crippen LogP contribution is 2.27. The van der Waals surface area contributed by atoms with E-state index >= 15 is 0 Å². The Morgan fingerprint density at radius 2 is 1.71 bits per heavy atom. The number of benzene rings is 1. The van der Waals surface area contributed by atoms with Crippen molar-refractivity contribution in [1.82, 2.24) is 25.1 Å². The molecule has 2 saturated heterocycles. The molecule has 2 aromatic heterocycles. The molecule has 0 saturated carbocycles. The molecule has 0 bridgehead atoms. The Labute approximate surface area is 197 Å². The van der Waals surface area contributed by atoms with Crippen molar-refractivity contribution in [3.8, 4) is 11.5 Å². The van der Waals surface area contributed by atoms with Crippen LogP contribution in [-0.2, 0) is 0 Å². The maximum absolute atomic E-state index is 13.5. The van der Waals surface area contributed by atoms with Gasteiger partial charge in [0.2, 0.25) is 0 Å². The van der Waals surface area contributed by atoms with Crippen molar-refractivity contribution < 1.29 is 8.78 Å². The zero-order chi connectivity index (χ0) is 23.7. The van der Waals surface area contributed by atoms with Gasteiger partial charge in [-0.05, 0) is 25.5 Å². The third kappa shape index (κ3) is 4.72. The first-order chi connectivity index (χ1) is 16.5. The molecule has 2 fully saturated rings. The van der Waals surface area contributed by atoms with Gasteiger partial charge < -0.3 is 15.5 Å². The Hall–Kier alpha value is -3.53. The van der Waals surface area contributed by atoms with Crippen LogP contribution in [0.1, 0.15) is 17.7 Å². The van der Waals surface area contributed by atoms with E-state index in [1.165, 1.54) is 12.1 Å². The second kappa shape index (κ2) is 9.38. The third-order valence-corrected chi connectivity index (χ3v) is 6.35. The molecule has 8 nitrogen and oxygen atoms in total. The van der Waals surface area contributed by atoms with Crippen LogP contribution in [0.25, 0.3) is 17.6 Å². The van der Waals surface area contributed by atoms with E-state index in [1.54, 1.807) is 6.07 Å². The van der Waals surface area contributed by atoms with Gasteiger partial charge in [-0.2, -0.15) is 5.10 Å². The minimum Gasteiger partial charge on any atom is -0.384 e.